The molecule has 0 aliphatic rings. The van der Waals surface area contributed by atoms with Gasteiger partial charge in [-0.1, -0.05) is 218 Å². The molecule has 0 saturated heterocycles. The maximum absolute atomic E-state index is 12.4. The molecule has 0 aromatic carbocycles. The van der Waals surface area contributed by atoms with Crippen molar-refractivity contribution < 1.29 is 24.5 Å². The first-order chi connectivity index (χ1) is 28.0. The molecule has 6 heteroatoms. The average molecular weight is 804 g/mol. The maximum atomic E-state index is 12.4. The fourth-order valence-corrected chi connectivity index (χ4v) is 7.57. The summed E-state index contributed by atoms with van der Waals surface area (Å²) in [5.41, 5.74) is 0. The predicted molar refractivity (Wildman–Crippen MR) is 246 cm³/mol. The molecule has 0 aliphatic carbocycles. The highest BCUT2D eigenvalue weighted by atomic mass is 16.5. The number of hydrogen-bond acceptors (Lipinski definition) is 5. The summed E-state index contributed by atoms with van der Waals surface area (Å²) in [4.78, 5) is 24.4. The first-order valence-electron chi connectivity index (χ1n) is 25.1. The summed E-state index contributed by atoms with van der Waals surface area (Å²) < 4.78 is 5.45. The van der Waals surface area contributed by atoms with Gasteiger partial charge in [0.2, 0.25) is 5.91 Å². The lowest BCUT2D eigenvalue weighted by Crippen LogP contribution is -2.45. The second-order valence-electron chi connectivity index (χ2n) is 17.1. The molecule has 0 spiro atoms. The van der Waals surface area contributed by atoms with E-state index in [0.717, 1.165) is 44.9 Å². The van der Waals surface area contributed by atoms with Gasteiger partial charge in [-0.2, -0.15) is 0 Å². The average Bonchev–Trinajstić information content (AvgIpc) is 3.21. The molecule has 6 nitrogen and oxygen atoms in total. The Morgan fingerprint density at radius 2 is 0.825 bits per heavy atom. The van der Waals surface area contributed by atoms with Crippen LogP contribution >= 0.6 is 0 Å². The minimum atomic E-state index is -0.846. The zero-order chi connectivity index (χ0) is 41.5. The number of esters is 1. The molecule has 2 unspecified atom stereocenters. The van der Waals surface area contributed by atoms with Crippen LogP contribution in [0.1, 0.15) is 264 Å². The molecule has 0 radical (unpaired) electrons. The monoisotopic (exact) mass is 804 g/mol. The van der Waals surface area contributed by atoms with Crippen LogP contribution in [0.25, 0.3) is 0 Å². The molecule has 0 rings (SSSR count). The van der Waals surface area contributed by atoms with Crippen molar-refractivity contribution in [1.29, 1.82) is 0 Å². The van der Waals surface area contributed by atoms with Crippen LogP contribution in [0, 0.1) is 0 Å². The van der Waals surface area contributed by atoms with Crippen LogP contribution in [0.15, 0.2) is 24.3 Å². The van der Waals surface area contributed by atoms with E-state index >= 15 is 0 Å². The van der Waals surface area contributed by atoms with Crippen molar-refractivity contribution in [2.75, 3.05) is 13.2 Å². The second kappa shape index (κ2) is 47.0. The van der Waals surface area contributed by atoms with Gasteiger partial charge in [0.25, 0.3) is 0 Å². The zero-order valence-electron chi connectivity index (χ0n) is 38.1. The normalized spacial score (nSPS) is 12.8. The molecule has 0 fully saturated rings. The quantitative estimate of drug-likeness (QED) is 0.0324. The van der Waals surface area contributed by atoms with Crippen molar-refractivity contribution in [3.8, 4) is 0 Å². The largest absolute Gasteiger partial charge is 0.466 e. The summed E-state index contributed by atoms with van der Waals surface area (Å²) in [7, 11) is 0. The Labute approximate surface area is 354 Å². The molecule has 3 N–H and O–H groups in total. The predicted octanol–water partition coefficient (Wildman–Crippen LogP) is 14.7. The summed E-state index contributed by atoms with van der Waals surface area (Å²) >= 11 is 0. The number of carbonyl (C=O) groups is 2. The van der Waals surface area contributed by atoms with E-state index in [0.29, 0.717) is 19.4 Å². The Hall–Kier alpha value is -1.66. The minimum Gasteiger partial charge on any atom is -0.466 e. The number of amides is 1. The number of allylic oxidation sites excluding steroid dienone is 3. The van der Waals surface area contributed by atoms with Crippen molar-refractivity contribution in [2.24, 2.45) is 0 Å². The molecule has 1 amide bonds. The van der Waals surface area contributed by atoms with Crippen LogP contribution in [0.5, 0.6) is 0 Å². The molecule has 336 valence electrons. The Morgan fingerprint density at radius 3 is 1.28 bits per heavy atom. The van der Waals surface area contributed by atoms with E-state index < -0.39 is 12.1 Å². The van der Waals surface area contributed by atoms with Gasteiger partial charge >= 0.3 is 5.97 Å². The summed E-state index contributed by atoms with van der Waals surface area (Å²) in [6.07, 6.45) is 54.6. The van der Waals surface area contributed by atoms with Crippen LogP contribution in [0.4, 0.5) is 0 Å². The molecule has 2 atom stereocenters. The van der Waals surface area contributed by atoms with Crippen molar-refractivity contribution >= 4 is 11.9 Å². The molecule has 57 heavy (non-hydrogen) atoms. The van der Waals surface area contributed by atoms with E-state index in [9.17, 15) is 19.8 Å². The van der Waals surface area contributed by atoms with Gasteiger partial charge in [-0.15, -0.1) is 0 Å². The number of nitrogens with one attached hydrogen (secondary N) is 1. The van der Waals surface area contributed by atoms with Gasteiger partial charge in [-0.3, -0.25) is 9.59 Å². The van der Waals surface area contributed by atoms with Crippen LogP contribution < -0.4 is 5.32 Å². The molecule has 0 heterocycles. The summed E-state index contributed by atoms with van der Waals surface area (Å²) in [5, 5.41) is 23.0. The number of aliphatic hydroxyl groups is 2. The van der Waals surface area contributed by atoms with Gasteiger partial charge in [0.05, 0.1) is 25.4 Å². The van der Waals surface area contributed by atoms with Crippen molar-refractivity contribution in [2.45, 2.75) is 276 Å². The fourth-order valence-electron chi connectivity index (χ4n) is 7.57. The van der Waals surface area contributed by atoms with E-state index in [1.54, 1.807) is 6.08 Å². The van der Waals surface area contributed by atoms with E-state index in [-0.39, 0.29) is 18.5 Å². The molecule has 0 saturated carbocycles. The van der Waals surface area contributed by atoms with Gasteiger partial charge < -0.3 is 20.3 Å². The van der Waals surface area contributed by atoms with Gasteiger partial charge in [-0.25, -0.2) is 0 Å². The van der Waals surface area contributed by atoms with Gasteiger partial charge in [0, 0.05) is 12.8 Å². The zero-order valence-corrected chi connectivity index (χ0v) is 38.1. The third-order valence-corrected chi connectivity index (χ3v) is 11.5. The van der Waals surface area contributed by atoms with Crippen LogP contribution in [-0.2, 0) is 14.3 Å². The van der Waals surface area contributed by atoms with Crippen LogP contribution in [0.3, 0.4) is 0 Å². The van der Waals surface area contributed by atoms with Crippen molar-refractivity contribution in [3.63, 3.8) is 0 Å². The standard InChI is InChI=1S/C51H97NO5/c1-3-5-7-9-11-13-15-25-29-33-37-41-45-51(56)57-46-42-38-34-30-26-22-20-18-16-17-19-21-24-28-32-36-40-44-50(55)52-48(47-53)49(54)43-39-35-31-27-23-14-12-10-8-6-4-2/h11,13,39,43,48-49,53-54H,3-10,12,14-38,40-42,44-47H2,1-2H3,(H,52,55)/b13-11-,43-39+. The van der Waals surface area contributed by atoms with Gasteiger partial charge in [-0.05, 0) is 57.8 Å². The number of unbranched alkanes of at least 4 members (excludes halogenated alkanes) is 33. The van der Waals surface area contributed by atoms with Crippen molar-refractivity contribution in [3.05, 3.63) is 24.3 Å². The van der Waals surface area contributed by atoms with E-state index in [1.165, 1.54) is 193 Å². The molecular formula is C51H97NO5. The minimum absolute atomic E-state index is 0.00625. The van der Waals surface area contributed by atoms with E-state index in [1.807, 2.05) is 6.08 Å². The Bertz CT molecular complexity index is 889. The van der Waals surface area contributed by atoms with Crippen molar-refractivity contribution in [1.82, 2.24) is 5.32 Å². The van der Waals surface area contributed by atoms with E-state index in [4.69, 9.17) is 4.74 Å². The summed E-state index contributed by atoms with van der Waals surface area (Å²) in [6, 6.07) is -0.630. The van der Waals surface area contributed by atoms with Crippen LogP contribution in [0.2, 0.25) is 0 Å². The molecule has 0 aromatic rings. The highest BCUT2D eigenvalue weighted by Gasteiger charge is 2.18. The van der Waals surface area contributed by atoms with Gasteiger partial charge in [0.1, 0.15) is 0 Å². The highest BCUT2D eigenvalue weighted by molar-refractivity contribution is 5.76. The maximum Gasteiger partial charge on any atom is 0.305 e. The third-order valence-electron chi connectivity index (χ3n) is 11.5. The molecule has 0 aromatic heterocycles. The topological polar surface area (TPSA) is 95.9 Å². The SMILES string of the molecule is CCCCC/C=C\CCCCCCCC(=O)OCCCCCCCCCCCCCCCCCCCC(=O)NC(CO)C(O)/C=C/CCCCCCCCCCC. The lowest BCUT2D eigenvalue weighted by molar-refractivity contribution is -0.143. The highest BCUT2D eigenvalue weighted by Crippen LogP contribution is 2.16. The third kappa shape index (κ3) is 43.7. The number of rotatable bonds is 46. The first kappa shape index (κ1) is 55.3. The molecule has 0 bridgehead atoms. The Morgan fingerprint density at radius 1 is 0.474 bits per heavy atom. The summed E-state index contributed by atoms with van der Waals surface area (Å²) in [5.74, 6) is -0.0814. The lowest BCUT2D eigenvalue weighted by atomic mass is 10.0. The molecule has 0 aliphatic heterocycles. The second-order valence-corrected chi connectivity index (χ2v) is 17.1. The number of aliphatic hydroxyl groups excluding tert-OH is 2. The number of carbonyl (C=O) groups excluding carboxylic acids is 2. The van der Waals surface area contributed by atoms with Gasteiger partial charge in [0.15, 0.2) is 0 Å². The molecular weight excluding hydrogens is 707 g/mol. The number of ether oxygens (including phenoxy) is 1. The lowest BCUT2D eigenvalue weighted by Gasteiger charge is -2.20. The van der Waals surface area contributed by atoms with Crippen LogP contribution in [-0.4, -0.2) is 47.4 Å². The first-order valence-corrected chi connectivity index (χ1v) is 25.1. The summed E-state index contributed by atoms with van der Waals surface area (Å²) in [6.45, 7) is 4.85. The fraction of sp³-hybridized carbons (Fsp3) is 0.882. The Balaban J connectivity index is 3.44. The Kier molecular flexibility index (Phi) is 45.7. The van der Waals surface area contributed by atoms with E-state index in [2.05, 4.69) is 31.3 Å². The number of hydrogen-bond donors (Lipinski definition) is 3. The smallest absolute Gasteiger partial charge is 0.305 e.